The van der Waals surface area contributed by atoms with Crippen molar-refractivity contribution in [1.82, 2.24) is 20.9 Å². The van der Waals surface area contributed by atoms with E-state index < -0.39 is 47.7 Å². The van der Waals surface area contributed by atoms with Gasteiger partial charge in [-0.15, -0.1) is 0 Å². The van der Waals surface area contributed by atoms with Gasteiger partial charge < -0.3 is 40.6 Å². The van der Waals surface area contributed by atoms with Crippen LogP contribution in [-0.2, 0) is 30.5 Å². The van der Waals surface area contributed by atoms with Crippen molar-refractivity contribution < 1.29 is 38.6 Å². The molecule has 3 atom stereocenters. The molecule has 3 rings (SSSR count). The number of amides is 4. The summed E-state index contributed by atoms with van der Waals surface area (Å²) in [5, 5.41) is 17.3. The molecule has 46 heavy (non-hydrogen) atoms. The number of alkyl carbamates (subject to hydrolysis) is 2. The maximum Gasteiger partial charge on any atom is 0.414 e. The Labute approximate surface area is 267 Å². The Morgan fingerprint density at radius 1 is 1.07 bits per heavy atom. The summed E-state index contributed by atoms with van der Waals surface area (Å²) in [4.78, 5) is 68.7. The van der Waals surface area contributed by atoms with Crippen molar-refractivity contribution in [3.63, 3.8) is 0 Å². The van der Waals surface area contributed by atoms with Crippen LogP contribution in [0.4, 0.5) is 9.59 Å². The van der Waals surface area contributed by atoms with Gasteiger partial charge in [-0.25, -0.2) is 9.59 Å². The number of ether oxygens (including phenoxy) is 2. The number of phenols is 1. The van der Waals surface area contributed by atoms with Crippen LogP contribution in [0.25, 0.3) is 0 Å². The highest BCUT2D eigenvalue weighted by Crippen LogP contribution is 2.26. The molecule has 0 spiro atoms. The molecule has 0 unspecified atom stereocenters. The molecule has 0 aliphatic carbocycles. The number of nitrogens with zero attached hydrogens (tertiary/aromatic N) is 2. The van der Waals surface area contributed by atoms with Gasteiger partial charge in [-0.3, -0.25) is 19.9 Å². The zero-order valence-electron chi connectivity index (χ0n) is 26.2. The molecule has 1 saturated heterocycles. The third-order valence-electron chi connectivity index (χ3n) is 6.86. The van der Waals surface area contributed by atoms with Crippen LogP contribution >= 0.6 is 0 Å². The van der Waals surface area contributed by atoms with E-state index in [0.717, 1.165) is 5.56 Å². The van der Waals surface area contributed by atoms with Crippen LogP contribution in [0.15, 0.2) is 59.6 Å². The first-order chi connectivity index (χ1) is 21.9. The smallest absolute Gasteiger partial charge is 0.414 e. The third-order valence-corrected chi connectivity index (χ3v) is 6.86. The van der Waals surface area contributed by atoms with Gasteiger partial charge in [0, 0.05) is 13.1 Å². The van der Waals surface area contributed by atoms with E-state index in [1.165, 1.54) is 29.2 Å². The quantitative estimate of drug-likeness (QED) is 0.100. The van der Waals surface area contributed by atoms with Crippen molar-refractivity contribution >= 4 is 36.2 Å². The van der Waals surface area contributed by atoms with E-state index >= 15 is 0 Å². The summed E-state index contributed by atoms with van der Waals surface area (Å²) < 4.78 is 10.4. The van der Waals surface area contributed by atoms with Crippen LogP contribution in [-0.4, -0.2) is 77.0 Å². The molecule has 6 N–H and O–H groups in total. The predicted octanol–water partition coefficient (Wildman–Crippen LogP) is 2.65. The lowest BCUT2D eigenvalue weighted by Gasteiger charge is -2.30. The second-order valence-electron chi connectivity index (χ2n) is 11.7. The number of carbonyl (C=O) groups excluding carboxylic acids is 5. The molecule has 4 amide bonds. The number of rotatable bonds is 12. The fourth-order valence-corrected chi connectivity index (χ4v) is 4.72. The van der Waals surface area contributed by atoms with Crippen molar-refractivity contribution in [2.24, 2.45) is 10.7 Å². The molecule has 1 fully saturated rings. The molecule has 0 radical (unpaired) electrons. The van der Waals surface area contributed by atoms with Crippen molar-refractivity contribution in [3.05, 3.63) is 65.7 Å². The summed E-state index contributed by atoms with van der Waals surface area (Å²) in [5.74, 6) is -1.20. The lowest BCUT2D eigenvalue weighted by Crippen LogP contribution is -2.52. The normalized spacial score (nSPS) is 16.1. The second-order valence-corrected chi connectivity index (χ2v) is 11.7. The minimum Gasteiger partial charge on any atom is -0.508 e. The Hall–Kier alpha value is -5.14. The van der Waals surface area contributed by atoms with Gasteiger partial charge in [0.15, 0.2) is 5.96 Å². The number of nitrogens with one attached hydrogen (secondary N) is 3. The van der Waals surface area contributed by atoms with Crippen LogP contribution < -0.4 is 21.7 Å². The summed E-state index contributed by atoms with van der Waals surface area (Å²) in [6.45, 7) is 5.58. The average molecular weight is 639 g/mol. The van der Waals surface area contributed by atoms with Crippen LogP contribution in [0.1, 0.15) is 63.6 Å². The summed E-state index contributed by atoms with van der Waals surface area (Å²) >= 11 is 0. The number of aldehydes is 1. The number of benzene rings is 2. The lowest BCUT2D eigenvalue weighted by molar-refractivity contribution is -0.140. The topological polar surface area (TPSA) is 202 Å². The maximum absolute atomic E-state index is 13.7. The van der Waals surface area contributed by atoms with Gasteiger partial charge in [0.25, 0.3) is 5.91 Å². The number of hydrogen-bond donors (Lipinski definition) is 5. The first kappa shape index (κ1) is 35.3. The fourth-order valence-electron chi connectivity index (χ4n) is 4.72. The molecule has 1 aliphatic rings. The lowest BCUT2D eigenvalue weighted by atomic mass is 10.0. The Morgan fingerprint density at radius 2 is 1.76 bits per heavy atom. The summed E-state index contributed by atoms with van der Waals surface area (Å²) in [6, 6.07) is 12.0. The van der Waals surface area contributed by atoms with Crippen molar-refractivity contribution in [3.8, 4) is 5.75 Å². The number of nitrogens with two attached hydrogens (primary N) is 1. The highest BCUT2D eigenvalue weighted by molar-refractivity contribution is 5.94. The molecular weight excluding hydrogens is 596 g/mol. The van der Waals surface area contributed by atoms with Gasteiger partial charge in [-0.2, -0.15) is 0 Å². The van der Waals surface area contributed by atoms with Gasteiger partial charge in [0.1, 0.15) is 36.3 Å². The van der Waals surface area contributed by atoms with Gasteiger partial charge in [-0.1, -0.05) is 42.5 Å². The number of guanidine groups is 1. The maximum atomic E-state index is 13.7. The van der Waals surface area contributed by atoms with Gasteiger partial charge >= 0.3 is 12.2 Å². The van der Waals surface area contributed by atoms with Crippen molar-refractivity contribution in [2.75, 3.05) is 13.1 Å². The summed E-state index contributed by atoms with van der Waals surface area (Å²) in [6.07, 6.45) is 0.539. The van der Waals surface area contributed by atoms with Crippen LogP contribution in [0.2, 0.25) is 0 Å². The Morgan fingerprint density at radius 3 is 2.41 bits per heavy atom. The molecule has 0 aromatic heterocycles. The largest absolute Gasteiger partial charge is 0.508 e. The van der Waals surface area contributed by atoms with E-state index in [9.17, 15) is 29.1 Å². The third kappa shape index (κ3) is 11.4. The number of aliphatic imine (C=N–C) groups is 1. The zero-order valence-corrected chi connectivity index (χ0v) is 26.2. The molecule has 14 heteroatoms. The number of aromatic hydroxyl groups is 1. The Bertz CT molecular complexity index is 1380. The van der Waals surface area contributed by atoms with Crippen LogP contribution in [0.5, 0.6) is 5.75 Å². The van der Waals surface area contributed by atoms with Crippen molar-refractivity contribution in [2.45, 2.75) is 76.8 Å². The molecule has 2 aromatic rings. The Kier molecular flexibility index (Phi) is 12.9. The predicted molar refractivity (Wildman–Crippen MR) is 168 cm³/mol. The van der Waals surface area contributed by atoms with E-state index in [1.807, 2.05) is 30.3 Å². The van der Waals surface area contributed by atoms with E-state index in [0.29, 0.717) is 31.1 Å². The average Bonchev–Trinajstić information content (AvgIpc) is 3.50. The summed E-state index contributed by atoms with van der Waals surface area (Å²) in [5.41, 5.74) is 6.15. The zero-order chi connectivity index (χ0) is 33.7. The van der Waals surface area contributed by atoms with Crippen LogP contribution in [0.3, 0.4) is 0 Å². The monoisotopic (exact) mass is 638 g/mol. The molecule has 248 valence electrons. The van der Waals surface area contributed by atoms with Gasteiger partial charge in [-0.05, 0) is 69.7 Å². The van der Waals surface area contributed by atoms with E-state index in [-0.39, 0.29) is 37.8 Å². The fraction of sp³-hybridized carbons (Fsp3) is 0.438. The molecule has 0 saturated carbocycles. The molecule has 2 aromatic carbocycles. The molecule has 1 heterocycles. The number of carbonyl (C=O) groups is 5. The molecule has 14 nitrogen and oxygen atoms in total. The minimum absolute atomic E-state index is 0.0171. The first-order valence-corrected chi connectivity index (χ1v) is 15.0. The van der Waals surface area contributed by atoms with E-state index in [1.54, 1.807) is 20.8 Å². The highest BCUT2D eigenvalue weighted by atomic mass is 16.6. The van der Waals surface area contributed by atoms with Gasteiger partial charge in [0.2, 0.25) is 5.91 Å². The number of hydrogen-bond acceptors (Lipinski definition) is 9. The first-order valence-electron chi connectivity index (χ1n) is 15.0. The number of likely N-dealkylation sites (tertiary alicyclic amines) is 1. The van der Waals surface area contributed by atoms with Crippen molar-refractivity contribution in [1.29, 1.82) is 0 Å². The SMILES string of the molecule is CC(C)(C)OC(=O)N[C@@H](C(=O)N1CCC[C@H]1C(=O)N[C@H](C=O)CCCN=C(N)NC(=O)OCc1ccccc1)c1ccc(O)cc1. The van der Waals surface area contributed by atoms with Crippen LogP contribution in [0, 0.1) is 0 Å². The second kappa shape index (κ2) is 16.8. The Balaban J connectivity index is 1.54. The summed E-state index contributed by atoms with van der Waals surface area (Å²) in [7, 11) is 0. The van der Waals surface area contributed by atoms with E-state index in [4.69, 9.17) is 15.2 Å². The van der Waals surface area contributed by atoms with E-state index in [2.05, 4.69) is 20.9 Å². The molecular formula is C32H42N6O8. The minimum atomic E-state index is -1.18. The highest BCUT2D eigenvalue weighted by Gasteiger charge is 2.39. The molecule has 1 aliphatic heterocycles. The standard InChI is InChI=1S/C32H42N6O8/c1-32(2,3)46-31(44)36-26(22-13-15-24(40)16-14-22)28(42)38-18-8-12-25(38)27(41)35-23(19-39)11-7-17-34-29(33)37-30(43)45-20-21-9-5-4-6-10-21/h4-6,9-10,13-16,19,23,25-26,40H,7-8,11-12,17-18,20H2,1-3H3,(H,35,41)(H,36,44)(H3,33,34,37,43)/t23-,25-,26+/m0/s1. The molecule has 0 bridgehead atoms. The van der Waals surface area contributed by atoms with Gasteiger partial charge in [0.05, 0.1) is 6.04 Å². The number of phenolic OH excluding ortho intramolecular Hbond substituents is 1.